The number of alkyl halides is 1. The van der Waals surface area contributed by atoms with Crippen LogP contribution in [0.15, 0.2) is 18.2 Å². The molecule has 0 radical (unpaired) electrons. The predicted molar refractivity (Wildman–Crippen MR) is 84.3 cm³/mol. The maximum atomic E-state index is 14.2. The van der Waals surface area contributed by atoms with E-state index in [9.17, 15) is 4.39 Å². The summed E-state index contributed by atoms with van der Waals surface area (Å²) in [5.74, 6) is 2.45. The van der Waals surface area contributed by atoms with Crippen molar-refractivity contribution in [1.82, 2.24) is 0 Å². The summed E-state index contributed by atoms with van der Waals surface area (Å²) in [5, 5.41) is -0.209. The Labute approximate surface area is 131 Å². The number of halogens is 2. The summed E-state index contributed by atoms with van der Waals surface area (Å²) in [6.07, 6.45) is 9.07. The van der Waals surface area contributed by atoms with Crippen molar-refractivity contribution < 1.29 is 9.13 Å². The number of fused-ring (bicyclic) bond motifs is 1. The largest absolute Gasteiger partial charge is 0.497 e. The molecule has 2 saturated carbocycles. The Bertz CT molecular complexity index is 490. The third-order valence-electron chi connectivity index (χ3n) is 5.50. The van der Waals surface area contributed by atoms with Crippen LogP contribution in [-0.4, -0.2) is 7.11 Å². The molecular formula is C18H24ClFO. The first-order valence-electron chi connectivity index (χ1n) is 8.16. The van der Waals surface area contributed by atoms with E-state index < -0.39 is 0 Å². The second kappa shape index (κ2) is 6.56. The van der Waals surface area contributed by atoms with E-state index in [1.807, 2.05) is 0 Å². The van der Waals surface area contributed by atoms with Crippen molar-refractivity contribution >= 4 is 11.6 Å². The van der Waals surface area contributed by atoms with Crippen molar-refractivity contribution in [2.24, 2.45) is 17.8 Å². The van der Waals surface area contributed by atoms with E-state index in [1.165, 1.54) is 44.6 Å². The van der Waals surface area contributed by atoms with E-state index in [-0.39, 0.29) is 11.2 Å². The Morgan fingerprint density at radius 3 is 2.62 bits per heavy atom. The van der Waals surface area contributed by atoms with Gasteiger partial charge in [-0.2, -0.15) is 0 Å². The molecule has 0 spiro atoms. The minimum Gasteiger partial charge on any atom is -0.497 e. The van der Waals surface area contributed by atoms with Crippen LogP contribution in [-0.2, 0) is 0 Å². The molecule has 2 aliphatic carbocycles. The number of hydrogen-bond acceptors (Lipinski definition) is 1. The van der Waals surface area contributed by atoms with E-state index in [0.29, 0.717) is 17.2 Å². The van der Waals surface area contributed by atoms with E-state index >= 15 is 0 Å². The van der Waals surface area contributed by atoms with Crippen molar-refractivity contribution in [2.75, 3.05) is 7.11 Å². The molecule has 0 heterocycles. The van der Waals surface area contributed by atoms with E-state index in [4.69, 9.17) is 16.3 Å². The summed E-state index contributed by atoms with van der Waals surface area (Å²) in [6.45, 7) is 0. The molecular weight excluding hydrogens is 287 g/mol. The van der Waals surface area contributed by atoms with Gasteiger partial charge in [-0.3, -0.25) is 0 Å². The fourth-order valence-electron chi connectivity index (χ4n) is 4.29. The lowest BCUT2D eigenvalue weighted by atomic mass is 9.66. The molecule has 0 amide bonds. The van der Waals surface area contributed by atoms with Gasteiger partial charge in [0.15, 0.2) is 0 Å². The highest BCUT2D eigenvalue weighted by atomic mass is 35.5. The number of benzene rings is 1. The molecule has 0 saturated heterocycles. The van der Waals surface area contributed by atoms with Crippen molar-refractivity contribution in [2.45, 2.75) is 50.3 Å². The van der Waals surface area contributed by atoms with Gasteiger partial charge in [0.05, 0.1) is 12.5 Å². The number of hydrogen-bond donors (Lipinski definition) is 0. The monoisotopic (exact) mass is 310 g/mol. The summed E-state index contributed by atoms with van der Waals surface area (Å²) >= 11 is 6.64. The van der Waals surface area contributed by atoms with E-state index in [2.05, 4.69) is 0 Å². The number of methoxy groups -OCH3 is 1. The lowest BCUT2D eigenvalue weighted by Gasteiger charge is -2.40. The molecule has 4 unspecified atom stereocenters. The van der Waals surface area contributed by atoms with Crippen molar-refractivity contribution in [3.63, 3.8) is 0 Å². The number of rotatable bonds is 3. The summed E-state index contributed by atoms with van der Waals surface area (Å²) in [7, 11) is 1.55. The molecule has 2 fully saturated rings. The first kappa shape index (κ1) is 15.1. The van der Waals surface area contributed by atoms with Crippen LogP contribution >= 0.6 is 11.6 Å². The molecule has 116 valence electrons. The van der Waals surface area contributed by atoms with Gasteiger partial charge in [0.1, 0.15) is 11.6 Å². The van der Waals surface area contributed by atoms with Gasteiger partial charge < -0.3 is 4.74 Å². The Morgan fingerprint density at radius 2 is 1.90 bits per heavy atom. The highest BCUT2D eigenvalue weighted by Crippen LogP contribution is 2.48. The van der Waals surface area contributed by atoms with Crippen LogP contribution in [0.1, 0.15) is 55.9 Å². The van der Waals surface area contributed by atoms with Crippen molar-refractivity contribution in [3.8, 4) is 5.75 Å². The fraction of sp³-hybridized carbons (Fsp3) is 0.667. The Morgan fingerprint density at radius 1 is 1.14 bits per heavy atom. The SMILES string of the molecule is COc1ccc(C(Cl)C2CCC3CCCCC3C2)c(F)c1. The zero-order valence-electron chi connectivity index (χ0n) is 12.7. The molecule has 4 atom stereocenters. The second-order valence-electron chi connectivity index (χ2n) is 6.67. The third kappa shape index (κ3) is 3.21. The Kier molecular flexibility index (Phi) is 4.73. The first-order chi connectivity index (χ1) is 10.2. The summed E-state index contributed by atoms with van der Waals surface area (Å²) in [4.78, 5) is 0. The molecule has 1 aromatic carbocycles. The van der Waals surface area contributed by atoms with Crippen LogP contribution in [0.5, 0.6) is 5.75 Å². The molecule has 21 heavy (non-hydrogen) atoms. The smallest absolute Gasteiger partial charge is 0.131 e. The minimum atomic E-state index is -0.236. The molecule has 2 aliphatic rings. The first-order valence-corrected chi connectivity index (χ1v) is 8.60. The average Bonchev–Trinajstić information content (AvgIpc) is 2.53. The van der Waals surface area contributed by atoms with Gasteiger partial charge in [-0.05, 0) is 43.1 Å². The minimum absolute atomic E-state index is 0.209. The Hall–Kier alpha value is -0.760. The number of ether oxygens (including phenoxy) is 1. The van der Waals surface area contributed by atoms with E-state index in [0.717, 1.165) is 18.3 Å². The normalized spacial score (nSPS) is 30.5. The molecule has 3 rings (SSSR count). The van der Waals surface area contributed by atoms with Gasteiger partial charge in [0.25, 0.3) is 0 Å². The van der Waals surface area contributed by atoms with Crippen LogP contribution in [0.25, 0.3) is 0 Å². The molecule has 1 aromatic rings. The molecule has 3 heteroatoms. The Balaban J connectivity index is 1.71. The molecule has 0 bridgehead atoms. The average molecular weight is 311 g/mol. The predicted octanol–water partition coefficient (Wildman–Crippen LogP) is 5.72. The van der Waals surface area contributed by atoms with Crippen LogP contribution in [0.2, 0.25) is 0 Å². The zero-order chi connectivity index (χ0) is 14.8. The third-order valence-corrected chi connectivity index (χ3v) is 6.09. The maximum Gasteiger partial charge on any atom is 0.131 e. The van der Waals surface area contributed by atoms with Crippen molar-refractivity contribution in [1.29, 1.82) is 0 Å². The molecule has 0 aliphatic heterocycles. The lowest BCUT2D eigenvalue weighted by molar-refractivity contribution is 0.127. The summed E-state index contributed by atoms with van der Waals surface area (Å²) in [5.41, 5.74) is 0.636. The molecule has 1 nitrogen and oxygen atoms in total. The lowest BCUT2D eigenvalue weighted by Crippen LogP contribution is -2.29. The van der Waals surface area contributed by atoms with Crippen LogP contribution < -0.4 is 4.74 Å². The van der Waals surface area contributed by atoms with Gasteiger partial charge in [0, 0.05) is 11.6 Å². The quantitative estimate of drug-likeness (QED) is 0.649. The van der Waals surface area contributed by atoms with Crippen LogP contribution in [0, 0.1) is 23.6 Å². The topological polar surface area (TPSA) is 9.23 Å². The van der Waals surface area contributed by atoms with Gasteiger partial charge in [0.2, 0.25) is 0 Å². The van der Waals surface area contributed by atoms with Crippen LogP contribution in [0.3, 0.4) is 0 Å². The summed E-state index contributed by atoms with van der Waals surface area (Å²) in [6, 6.07) is 5.04. The van der Waals surface area contributed by atoms with Gasteiger partial charge in [-0.15, -0.1) is 11.6 Å². The highest BCUT2D eigenvalue weighted by molar-refractivity contribution is 6.21. The van der Waals surface area contributed by atoms with Gasteiger partial charge >= 0.3 is 0 Å². The molecule has 0 N–H and O–H groups in total. The second-order valence-corrected chi connectivity index (χ2v) is 7.14. The van der Waals surface area contributed by atoms with E-state index in [1.54, 1.807) is 19.2 Å². The zero-order valence-corrected chi connectivity index (χ0v) is 13.4. The highest BCUT2D eigenvalue weighted by Gasteiger charge is 2.35. The standard InChI is InChI=1S/C18H24ClFO/c1-21-15-8-9-16(17(20)11-15)18(19)14-7-6-12-4-2-3-5-13(12)10-14/h8-9,11-14,18H,2-7,10H2,1H3. The fourth-order valence-corrected chi connectivity index (χ4v) is 4.69. The molecule has 0 aromatic heterocycles. The van der Waals surface area contributed by atoms with Gasteiger partial charge in [-0.1, -0.05) is 31.7 Å². The maximum absolute atomic E-state index is 14.2. The summed E-state index contributed by atoms with van der Waals surface area (Å²) < 4.78 is 19.3. The van der Waals surface area contributed by atoms with Crippen LogP contribution in [0.4, 0.5) is 4.39 Å². The van der Waals surface area contributed by atoms with Crippen molar-refractivity contribution in [3.05, 3.63) is 29.6 Å². The van der Waals surface area contributed by atoms with Gasteiger partial charge in [-0.25, -0.2) is 4.39 Å².